The van der Waals surface area contributed by atoms with Crippen LogP contribution in [0.1, 0.15) is 12.7 Å². The molecule has 0 amide bonds. The molecule has 0 saturated heterocycles. The summed E-state index contributed by atoms with van der Waals surface area (Å²) in [5.74, 6) is 0.745. The minimum absolute atomic E-state index is 0.279. The fourth-order valence-electron chi connectivity index (χ4n) is 0.620. The third-order valence-corrected chi connectivity index (χ3v) is 1.85. The molecule has 60 valence electrons. The normalized spacial score (nSPS) is 10.1. The summed E-state index contributed by atoms with van der Waals surface area (Å²) in [4.78, 5) is 12.0. The Morgan fingerprint density at radius 2 is 2.09 bits per heavy atom. The average molecular weight is 190 g/mol. The van der Waals surface area contributed by atoms with Gasteiger partial charge in [0, 0.05) is 6.42 Å². The van der Waals surface area contributed by atoms with Crippen LogP contribution in [0, 0.1) is 0 Å². The molecule has 0 spiro atoms. The number of rotatable bonds is 2. The third-order valence-electron chi connectivity index (χ3n) is 1.13. The Morgan fingerprint density at radius 1 is 1.36 bits per heavy atom. The second kappa shape index (κ2) is 3.88. The largest absolute Gasteiger partial charge is 0.226 e. The lowest BCUT2D eigenvalue weighted by Gasteiger charge is -1.97. The SMILES string of the molecule is CCc1nc(Cl)nc(SC)n1. The van der Waals surface area contributed by atoms with Crippen molar-refractivity contribution >= 4 is 23.4 Å². The third kappa shape index (κ3) is 2.31. The summed E-state index contributed by atoms with van der Waals surface area (Å²) in [6, 6.07) is 0. The number of hydrogen-bond donors (Lipinski definition) is 0. The number of nitrogens with zero attached hydrogens (tertiary/aromatic N) is 3. The van der Waals surface area contributed by atoms with E-state index < -0.39 is 0 Å². The molecular weight excluding hydrogens is 182 g/mol. The molecule has 0 bridgehead atoms. The van der Waals surface area contributed by atoms with Gasteiger partial charge in [0.05, 0.1) is 0 Å². The van der Waals surface area contributed by atoms with Gasteiger partial charge in [-0.3, -0.25) is 0 Å². The Kier molecular flexibility index (Phi) is 3.08. The maximum atomic E-state index is 5.63. The van der Waals surface area contributed by atoms with Crippen LogP contribution < -0.4 is 0 Å². The van der Waals surface area contributed by atoms with Crippen molar-refractivity contribution in [1.82, 2.24) is 15.0 Å². The average Bonchev–Trinajstić information content (AvgIpc) is 2.03. The Hall–Kier alpha value is -0.350. The minimum atomic E-state index is 0.279. The second-order valence-corrected chi connectivity index (χ2v) is 2.97. The van der Waals surface area contributed by atoms with Crippen molar-refractivity contribution in [3.05, 3.63) is 11.1 Å². The van der Waals surface area contributed by atoms with Crippen LogP contribution in [0.15, 0.2) is 5.16 Å². The maximum Gasteiger partial charge on any atom is 0.226 e. The molecule has 1 rings (SSSR count). The van der Waals surface area contributed by atoms with Crippen molar-refractivity contribution < 1.29 is 0 Å². The molecule has 1 heterocycles. The number of hydrogen-bond acceptors (Lipinski definition) is 4. The summed E-state index contributed by atoms with van der Waals surface area (Å²) in [6.07, 6.45) is 2.70. The first-order chi connectivity index (χ1) is 5.26. The molecule has 0 N–H and O–H groups in total. The molecule has 0 saturated carbocycles. The standard InChI is InChI=1S/C6H8ClN3S/c1-3-4-8-5(7)10-6(9-4)11-2/h3H2,1-2H3. The van der Waals surface area contributed by atoms with Crippen molar-refractivity contribution in [3.8, 4) is 0 Å². The van der Waals surface area contributed by atoms with E-state index in [-0.39, 0.29) is 5.28 Å². The fourth-order valence-corrected chi connectivity index (χ4v) is 1.22. The van der Waals surface area contributed by atoms with Gasteiger partial charge in [-0.1, -0.05) is 18.7 Å². The van der Waals surface area contributed by atoms with Crippen LogP contribution in [0.3, 0.4) is 0 Å². The van der Waals surface area contributed by atoms with E-state index in [1.807, 2.05) is 13.2 Å². The molecule has 0 aromatic carbocycles. The predicted molar refractivity (Wildman–Crippen MR) is 46.0 cm³/mol. The van der Waals surface area contributed by atoms with Crippen molar-refractivity contribution in [1.29, 1.82) is 0 Å². The van der Waals surface area contributed by atoms with Crippen molar-refractivity contribution in [2.45, 2.75) is 18.5 Å². The molecule has 11 heavy (non-hydrogen) atoms. The van der Waals surface area contributed by atoms with Crippen molar-refractivity contribution in [2.24, 2.45) is 0 Å². The van der Waals surface area contributed by atoms with Crippen LogP contribution in [0.25, 0.3) is 0 Å². The molecule has 1 aromatic rings. The summed E-state index contributed by atoms with van der Waals surface area (Å²) in [5.41, 5.74) is 0. The van der Waals surface area contributed by atoms with E-state index in [0.29, 0.717) is 5.16 Å². The highest BCUT2D eigenvalue weighted by Crippen LogP contribution is 2.10. The molecular formula is C6H8ClN3S. The first kappa shape index (κ1) is 8.74. The lowest BCUT2D eigenvalue weighted by molar-refractivity contribution is 0.816. The van der Waals surface area contributed by atoms with Crippen molar-refractivity contribution in [3.63, 3.8) is 0 Å². The molecule has 0 aliphatic rings. The zero-order valence-corrected chi connectivity index (χ0v) is 7.91. The molecule has 0 radical (unpaired) electrons. The number of aryl methyl sites for hydroxylation is 1. The van der Waals surface area contributed by atoms with Crippen LogP contribution in [-0.4, -0.2) is 21.2 Å². The van der Waals surface area contributed by atoms with Gasteiger partial charge >= 0.3 is 0 Å². The van der Waals surface area contributed by atoms with Gasteiger partial charge in [0.15, 0.2) is 5.16 Å². The Balaban J connectivity index is 3.02. The van der Waals surface area contributed by atoms with Gasteiger partial charge in [-0.05, 0) is 17.9 Å². The van der Waals surface area contributed by atoms with Gasteiger partial charge in [-0.25, -0.2) is 9.97 Å². The van der Waals surface area contributed by atoms with E-state index >= 15 is 0 Å². The molecule has 3 nitrogen and oxygen atoms in total. The summed E-state index contributed by atoms with van der Waals surface area (Å²) in [6.45, 7) is 1.98. The quantitative estimate of drug-likeness (QED) is 0.666. The van der Waals surface area contributed by atoms with Gasteiger partial charge in [0.25, 0.3) is 0 Å². The lowest BCUT2D eigenvalue weighted by atomic mass is 10.5. The van der Waals surface area contributed by atoms with Gasteiger partial charge in [0.1, 0.15) is 5.82 Å². The first-order valence-corrected chi connectivity index (χ1v) is 4.81. The van der Waals surface area contributed by atoms with E-state index in [9.17, 15) is 0 Å². The maximum absolute atomic E-state index is 5.63. The van der Waals surface area contributed by atoms with E-state index in [1.165, 1.54) is 11.8 Å². The predicted octanol–water partition coefficient (Wildman–Crippen LogP) is 1.81. The van der Waals surface area contributed by atoms with E-state index in [1.54, 1.807) is 0 Å². The van der Waals surface area contributed by atoms with E-state index in [2.05, 4.69) is 15.0 Å². The Bertz CT molecular complexity index is 231. The van der Waals surface area contributed by atoms with Gasteiger partial charge in [-0.2, -0.15) is 4.98 Å². The Morgan fingerprint density at radius 3 is 2.64 bits per heavy atom. The molecule has 0 unspecified atom stereocenters. The summed E-state index contributed by atoms with van der Waals surface area (Å²) >= 11 is 7.10. The zero-order valence-electron chi connectivity index (χ0n) is 6.33. The topological polar surface area (TPSA) is 38.7 Å². The number of aromatic nitrogens is 3. The van der Waals surface area contributed by atoms with Crippen LogP contribution in [0.5, 0.6) is 0 Å². The summed E-state index contributed by atoms with van der Waals surface area (Å²) in [7, 11) is 0. The fraction of sp³-hybridized carbons (Fsp3) is 0.500. The lowest BCUT2D eigenvalue weighted by Crippen LogP contribution is -1.97. The highest BCUT2D eigenvalue weighted by molar-refractivity contribution is 7.98. The van der Waals surface area contributed by atoms with Crippen molar-refractivity contribution in [2.75, 3.05) is 6.26 Å². The highest BCUT2D eigenvalue weighted by Gasteiger charge is 2.00. The molecule has 5 heteroatoms. The minimum Gasteiger partial charge on any atom is -0.207 e. The zero-order chi connectivity index (χ0) is 8.27. The van der Waals surface area contributed by atoms with Crippen LogP contribution in [0.2, 0.25) is 5.28 Å². The van der Waals surface area contributed by atoms with Gasteiger partial charge < -0.3 is 0 Å². The monoisotopic (exact) mass is 189 g/mol. The summed E-state index contributed by atoms with van der Waals surface area (Å²) < 4.78 is 0. The number of thioether (sulfide) groups is 1. The first-order valence-electron chi connectivity index (χ1n) is 3.20. The summed E-state index contributed by atoms with van der Waals surface area (Å²) in [5, 5.41) is 0.961. The molecule has 1 aromatic heterocycles. The van der Waals surface area contributed by atoms with Gasteiger partial charge in [-0.15, -0.1) is 0 Å². The van der Waals surface area contributed by atoms with Crippen LogP contribution >= 0.6 is 23.4 Å². The molecule has 0 aliphatic heterocycles. The smallest absolute Gasteiger partial charge is 0.207 e. The number of halogens is 1. The van der Waals surface area contributed by atoms with E-state index in [0.717, 1.165) is 12.2 Å². The van der Waals surface area contributed by atoms with Gasteiger partial charge in [0.2, 0.25) is 5.28 Å². The molecule has 0 aliphatic carbocycles. The van der Waals surface area contributed by atoms with Crippen LogP contribution in [-0.2, 0) is 6.42 Å². The Labute approximate surface area is 74.6 Å². The molecule has 0 atom stereocenters. The highest BCUT2D eigenvalue weighted by atomic mass is 35.5. The second-order valence-electron chi connectivity index (χ2n) is 1.86. The molecule has 0 fully saturated rings. The van der Waals surface area contributed by atoms with E-state index in [4.69, 9.17) is 11.6 Å². The van der Waals surface area contributed by atoms with Crippen LogP contribution in [0.4, 0.5) is 0 Å².